The Bertz CT molecular complexity index is 443. The van der Waals surface area contributed by atoms with Crippen LogP contribution < -0.4 is 10.2 Å². The number of benzene rings is 1. The molecule has 18 heavy (non-hydrogen) atoms. The van der Waals surface area contributed by atoms with Crippen LogP contribution >= 0.6 is 0 Å². The molecule has 0 saturated carbocycles. The van der Waals surface area contributed by atoms with Gasteiger partial charge in [-0.2, -0.15) is 0 Å². The lowest BCUT2D eigenvalue weighted by Gasteiger charge is -2.29. The third-order valence-corrected chi connectivity index (χ3v) is 2.86. The average Bonchev–Trinajstić information content (AvgIpc) is 2.35. The van der Waals surface area contributed by atoms with Gasteiger partial charge in [-0.25, -0.2) is 0 Å². The van der Waals surface area contributed by atoms with E-state index in [0.717, 1.165) is 17.7 Å². The molecule has 0 spiro atoms. The normalized spacial score (nSPS) is 15.7. The summed E-state index contributed by atoms with van der Waals surface area (Å²) in [6, 6.07) is 7.77. The maximum atomic E-state index is 11.4. The minimum Gasteiger partial charge on any atom is -0.384 e. The van der Waals surface area contributed by atoms with E-state index in [1.54, 1.807) is 12.0 Å². The number of rotatable bonds is 4. The molecule has 0 radical (unpaired) electrons. The first-order valence-electron chi connectivity index (χ1n) is 5.85. The number of para-hydroxylation sites is 1. The number of carbonyl (C=O) groups excluding carboxylic acids is 2. The van der Waals surface area contributed by atoms with E-state index in [9.17, 15) is 9.59 Å². The van der Waals surface area contributed by atoms with E-state index in [1.165, 1.54) is 0 Å². The van der Waals surface area contributed by atoms with Gasteiger partial charge in [-0.3, -0.25) is 14.9 Å². The lowest BCUT2D eigenvalue weighted by molar-refractivity contribution is -0.130. The van der Waals surface area contributed by atoms with Gasteiger partial charge in [-0.15, -0.1) is 0 Å². The first-order chi connectivity index (χ1) is 8.70. The number of nitrogens with zero attached hydrogens (tertiary/aromatic N) is 1. The van der Waals surface area contributed by atoms with Gasteiger partial charge < -0.3 is 9.64 Å². The number of hydrogen-bond acceptors (Lipinski definition) is 4. The van der Waals surface area contributed by atoms with Crippen molar-refractivity contribution in [2.24, 2.45) is 0 Å². The topological polar surface area (TPSA) is 58.6 Å². The van der Waals surface area contributed by atoms with Crippen molar-refractivity contribution >= 4 is 17.5 Å². The van der Waals surface area contributed by atoms with E-state index in [-0.39, 0.29) is 24.9 Å². The molecule has 0 atom stereocenters. The minimum absolute atomic E-state index is 0.218. The van der Waals surface area contributed by atoms with Crippen LogP contribution in [-0.4, -0.2) is 38.6 Å². The van der Waals surface area contributed by atoms with Gasteiger partial charge in [0.1, 0.15) is 0 Å². The Kier molecular flexibility index (Phi) is 3.94. The number of anilines is 1. The quantitative estimate of drug-likeness (QED) is 0.781. The van der Waals surface area contributed by atoms with Crippen molar-refractivity contribution in [3.63, 3.8) is 0 Å². The number of piperazine rings is 1. The van der Waals surface area contributed by atoms with E-state index >= 15 is 0 Å². The van der Waals surface area contributed by atoms with Crippen LogP contribution in [0.2, 0.25) is 0 Å². The SMILES string of the molecule is COCCc1ccccc1N1CC(=O)NC(=O)C1. The number of nitrogens with one attached hydrogen (secondary N) is 1. The number of ether oxygens (including phenoxy) is 1. The average molecular weight is 248 g/mol. The molecule has 0 bridgehead atoms. The van der Waals surface area contributed by atoms with Crippen molar-refractivity contribution in [2.75, 3.05) is 31.7 Å². The molecule has 1 aromatic carbocycles. The number of carbonyl (C=O) groups is 2. The Labute approximate surface area is 106 Å². The zero-order chi connectivity index (χ0) is 13.0. The molecular formula is C13H16N2O3. The second-order valence-electron chi connectivity index (χ2n) is 4.20. The fourth-order valence-electron chi connectivity index (χ4n) is 2.05. The maximum absolute atomic E-state index is 11.4. The van der Waals surface area contributed by atoms with E-state index in [0.29, 0.717) is 6.61 Å². The number of amides is 2. The summed E-state index contributed by atoms with van der Waals surface area (Å²) in [5.41, 5.74) is 2.01. The molecule has 1 aromatic rings. The van der Waals surface area contributed by atoms with Crippen molar-refractivity contribution in [1.29, 1.82) is 0 Å². The molecule has 0 aliphatic carbocycles. The Morgan fingerprint density at radius 1 is 1.22 bits per heavy atom. The monoisotopic (exact) mass is 248 g/mol. The Morgan fingerprint density at radius 2 is 1.89 bits per heavy atom. The van der Waals surface area contributed by atoms with Crippen LogP contribution in [0.15, 0.2) is 24.3 Å². The number of hydrogen-bond donors (Lipinski definition) is 1. The van der Waals surface area contributed by atoms with Crippen LogP contribution in [0.3, 0.4) is 0 Å². The zero-order valence-electron chi connectivity index (χ0n) is 10.3. The second-order valence-corrected chi connectivity index (χ2v) is 4.20. The fourth-order valence-corrected chi connectivity index (χ4v) is 2.05. The second kappa shape index (κ2) is 5.64. The molecule has 0 unspecified atom stereocenters. The molecule has 1 saturated heterocycles. The Morgan fingerprint density at radius 3 is 2.56 bits per heavy atom. The van der Waals surface area contributed by atoms with Crippen LogP contribution in [0.5, 0.6) is 0 Å². The van der Waals surface area contributed by atoms with E-state index in [2.05, 4.69) is 5.32 Å². The van der Waals surface area contributed by atoms with Crippen molar-refractivity contribution in [1.82, 2.24) is 5.32 Å². The summed E-state index contributed by atoms with van der Waals surface area (Å²) in [4.78, 5) is 24.6. The highest BCUT2D eigenvalue weighted by Gasteiger charge is 2.23. The third-order valence-electron chi connectivity index (χ3n) is 2.86. The molecule has 1 fully saturated rings. The third kappa shape index (κ3) is 2.87. The molecule has 1 heterocycles. The first kappa shape index (κ1) is 12.6. The summed E-state index contributed by atoms with van der Waals surface area (Å²) < 4.78 is 5.07. The van der Waals surface area contributed by atoms with Crippen LogP contribution in [-0.2, 0) is 20.7 Å². The predicted octanol–water partition coefficient (Wildman–Crippen LogP) is 0.338. The summed E-state index contributed by atoms with van der Waals surface area (Å²) in [7, 11) is 1.65. The summed E-state index contributed by atoms with van der Waals surface area (Å²) >= 11 is 0. The molecule has 0 aromatic heterocycles. The molecule has 2 amide bonds. The van der Waals surface area contributed by atoms with Gasteiger partial charge in [0.05, 0.1) is 19.7 Å². The minimum atomic E-state index is -0.257. The molecule has 1 aliphatic rings. The molecule has 1 N–H and O–H groups in total. The molecule has 2 rings (SSSR count). The largest absolute Gasteiger partial charge is 0.384 e. The van der Waals surface area contributed by atoms with Crippen LogP contribution in [0.25, 0.3) is 0 Å². The Hall–Kier alpha value is -1.88. The van der Waals surface area contributed by atoms with E-state index < -0.39 is 0 Å². The molecule has 96 valence electrons. The highest BCUT2D eigenvalue weighted by Crippen LogP contribution is 2.21. The maximum Gasteiger partial charge on any atom is 0.246 e. The summed E-state index contributed by atoms with van der Waals surface area (Å²) in [6.45, 7) is 1.05. The van der Waals surface area contributed by atoms with Crippen LogP contribution in [0.1, 0.15) is 5.56 Å². The fraction of sp³-hybridized carbons (Fsp3) is 0.385. The molecule has 5 nitrogen and oxygen atoms in total. The van der Waals surface area contributed by atoms with Crippen molar-refractivity contribution in [3.05, 3.63) is 29.8 Å². The highest BCUT2D eigenvalue weighted by molar-refractivity contribution is 6.02. The molecule has 5 heteroatoms. The van der Waals surface area contributed by atoms with Crippen LogP contribution in [0.4, 0.5) is 5.69 Å². The summed E-state index contributed by atoms with van der Waals surface area (Å²) in [5.74, 6) is -0.513. The van der Waals surface area contributed by atoms with Gasteiger partial charge in [-0.05, 0) is 18.1 Å². The Balaban J connectivity index is 2.20. The number of methoxy groups -OCH3 is 1. The first-order valence-corrected chi connectivity index (χ1v) is 5.85. The van der Waals surface area contributed by atoms with Gasteiger partial charge in [0.2, 0.25) is 11.8 Å². The van der Waals surface area contributed by atoms with Crippen molar-refractivity contribution in [2.45, 2.75) is 6.42 Å². The smallest absolute Gasteiger partial charge is 0.246 e. The molecular weight excluding hydrogens is 232 g/mol. The zero-order valence-corrected chi connectivity index (χ0v) is 10.3. The lowest BCUT2D eigenvalue weighted by atomic mass is 10.1. The van der Waals surface area contributed by atoms with E-state index in [1.807, 2.05) is 24.3 Å². The number of imide groups is 1. The van der Waals surface area contributed by atoms with Gasteiger partial charge in [0.25, 0.3) is 0 Å². The lowest BCUT2D eigenvalue weighted by Crippen LogP contribution is -2.51. The predicted molar refractivity (Wildman–Crippen MR) is 67.4 cm³/mol. The van der Waals surface area contributed by atoms with Gasteiger partial charge >= 0.3 is 0 Å². The summed E-state index contributed by atoms with van der Waals surface area (Å²) in [5, 5.41) is 2.30. The van der Waals surface area contributed by atoms with Crippen molar-refractivity contribution < 1.29 is 14.3 Å². The van der Waals surface area contributed by atoms with Gasteiger partial charge in [0, 0.05) is 12.8 Å². The van der Waals surface area contributed by atoms with Gasteiger partial charge in [0.15, 0.2) is 0 Å². The molecule has 1 aliphatic heterocycles. The summed E-state index contributed by atoms with van der Waals surface area (Å²) in [6.07, 6.45) is 0.763. The standard InChI is InChI=1S/C13H16N2O3/c1-18-7-6-10-4-2-3-5-11(10)15-8-12(16)14-13(17)9-15/h2-5H,6-9H2,1H3,(H,14,16,17). The van der Waals surface area contributed by atoms with Crippen LogP contribution in [0, 0.1) is 0 Å². The highest BCUT2D eigenvalue weighted by atomic mass is 16.5. The van der Waals surface area contributed by atoms with E-state index in [4.69, 9.17) is 4.74 Å². The van der Waals surface area contributed by atoms with Gasteiger partial charge in [-0.1, -0.05) is 18.2 Å². The van der Waals surface area contributed by atoms with Crippen molar-refractivity contribution in [3.8, 4) is 0 Å².